The van der Waals surface area contributed by atoms with Crippen LogP contribution in [0.3, 0.4) is 0 Å². The molecule has 0 radical (unpaired) electrons. The maximum Gasteiger partial charge on any atom is 0.155 e. The first kappa shape index (κ1) is 13.1. The summed E-state index contributed by atoms with van der Waals surface area (Å²) in [5.41, 5.74) is 2.62. The van der Waals surface area contributed by atoms with Crippen LogP contribution in [0.2, 0.25) is 5.02 Å². The zero-order valence-electron chi connectivity index (χ0n) is 10.7. The number of benzene rings is 1. The van der Waals surface area contributed by atoms with E-state index in [0.29, 0.717) is 5.02 Å². The fourth-order valence-electron chi connectivity index (χ4n) is 2.56. The number of anilines is 2. The monoisotopic (exact) mass is 385 g/mol. The second-order valence-corrected chi connectivity index (χ2v) is 6.98. The van der Waals surface area contributed by atoms with Crippen LogP contribution in [0.1, 0.15) is 19.4 Å². The lowest BCUT2D eigenvalue weighted by Gasteiger charge is -2.22. The first-order valence-electron chi connectivity index (χ1n) is 6.02. The zero-order valence-corrected chi connectivity index (χ0v) is 13.6. The van der Waals surface area contributed by atoms with Gasteiger partial charge < -0.3 is 4.90 Å². The Balaban J connectivity index is 2.17. The number of aromatic nitrogens is 2. The van der Waals surface area contributed by atoms with Crippen molar-refractivity contribution in [2.45, 2.75) is 19.3 Å². The first-order chi connectivity index (χ1) is 8.99. The van der Waals surface area contributed by atoms with Crippen molar-refractivity contribution in [1.82, 2.24) is 9.97 Å². The Kier molecular flexibility index (Phi) is 3.17. The Morgan fingerprint density at radius 2 is 2.16 bits per heavy atom. The van der Waals surface area contributed by atoms with E-state index in [2.05, 4.69) is 69.5 Å². The highest BCUT2D eigenvalue weighted by Crippen LogP contribution is 2.45. The van der Waals surface area contributed by atoms with Gasteiger partial charge in [-0.15, -0.1) is 0 Å². The largest absolute Gasteiger partial charge is 0.324 e. The normalized spacial score (nSPS) is 16.5. The molecule has 1 aromatic heterocycles. The van der Waals surface area contributed by atoms with Crippen LogP contribution in [0.4, 0.5) is 11.5 Å². The van der Waals surface area contributed by atoms with Gasteiger partial charge in [-0.2, -0.15) is 0 Å². The van der Waals surface area contributed by atoms with Crippen molar-refractivity contribution >= 4 is 45.7 Å². The molecule has 0 unspecified atom stereocenters. The molecule has 1 aliphatic heterocycles. The lowest BCUT2D eigenvalue weighted by atomic mass is 9.87. The van der Waals surface area contributed by atoms with Crippen LogP contribution in [0.15, 0.2) is 30.7 Å². The lowest BCUT2D eigenvalue weighted by Crippen LogP contribution is -2.25. The van der Waals surface area contributed by atoms with E-state index >= 15 is 0 Å². The smallest absolute Gasteiger partial charge is 0.155 e. The van der Waals surface area contributed by atoms with E-state index in [0.717, 1.165) is 12.4 Å². The topological polar surface area (TPSA) is 29.0 Å². The van der Waals surface area contributed by atoms with Gasteiger partial charge in [0, 0.05) is 21.2 Å². The molecule has 0 atom stereocenters. The number of fused-ring (bicyclic) bond motifs is 1. The molecule has 19 heavy (non-hydrogen) atoms. The Morgan fingerprint density at radius 3 is 2.89 bits per heavy atom. The highest BCUT2D eigenvalue weighted by molar-refractivity contribution is 14.1. The Labute approximate surface area is 131 Å². The number of rotatable bonds is 1. The molecule has 1 aliphatic rings. The number of nitrogens with zero attached hydrogens (tertiary/aromatic N) is 3. The molecule has 0 amide bonds. The molecule has 0 aliphatic carbocycles. The SMILES string of the molecule is CC1(C)CN(c2ncncc2Cl)c2cc(I)ccc21. The molecule has 0 spiro atoms. The highest BCUT2D eigenvalue weighted by Gasteiger charge is 2.36. The minimum atomic E-state index is 0.0912. The second-order valence-electron chi connectivity index (χ2n) is 5.33. The van der Waals surface area contributed by atoms with E-state index in [9.17, 15) is 0 Å². The van der Waals surface area contributed by atoms with Gasteiger partial charge in [0.25, 0.3) is 0 Å². The van der Waals surface area contributed by atoms with E-state index in [1.807, 2.05) is 0 Å². The summed E-state index contributed by atoms with van der Waals surface area (Å²) in [6.07, 6.45) is 3.18. The predicted octanol–water partition coefficient (Wildman–Crippen LogP) is 4.16. The van der Waals surface area contributed by atoms with Crippen LogP contribution in [-0.2, 0) is 5.41 Å². The summed E-state index contributed by atoms with van der Waals surface area (Å²) in [7, 11) is 0. The highest BCUT2D eigenvalue weighted by atomic mass is 127. The lowest BCUT2D eigenvalue weighted by molar-refractivity contribution is 0.567. The van der Waals surface area contributed by atoms with E-state index in [1.54, 1.807) is 12.5 Å². The molecular weight excluding hydrogens is 373 g/mol. The molecule has 2 aromatic rings. The summed E-state index contributed by atoms with van der Waals surface area (Å²) in [6, 6.07) is 6.53. The van der Waals surface area contributed by atoms with Gasteiger partial charge >= 0.3 is 0 Å². The minimum absolute atomic E-state index is 0.0912. The minimum Gasteiger partial charge on any atom is -0.324 e. The van der Waals surface area contributed by atoms with Gasteiger partial charge in [0.05, 0.1) is 6.20 Å². The van der Waals surface area contributed by atoms with Crippen LogP contribution < -0.4 is 4.90 Å². The second kappa shape index (κ2) is 4.59. The van der Waals surface area contributed by atoms with Gasteiger partial charge in [0.15, 0.2) is 5.82 Å². The molecule has 98 valence electrons. The molecule has 3 nitrogen and oxygen atoms in total. The Bertz CT molecular complexity index is 642. The quantitative estimate of drug-likeness (QED) is 0.690. The maximum absolute atomic E-state index is 6.24. The van der Waals surface area contributed by atoms with Gasteiger partial charge in [0.1, 0.15) is 11.3 Å². The van der Waals surface area contributed by atoms with Crippen LogP contribution >= 0.6 is 34.2 Å². The van der Waals surface area contributed by atoms with Crippen molar-refractivity contribution in [2.75, 3.05) is 11.4 Å². The molecule has 0 saturated heterocycles. The van der Waals surface area contributed by atoms with Crippen molar-refractivity contribution in [2.24, 2.45) is 0 Å². The summed E-state index contributed by atoms with van der Waals surface area (Å²) in [6.45, 7) is 5.36. The maximum atomic E-state index is 6.24. The molecule has 5 heteroatoms. The molecule has 0 fully saturated rings. The summed E-state index contributed by atoms with van der Waals surface area (Å²) >= 11 is 8.57. The van der Waals surface area contributed by atoms with Gasteiger partial charge in [-0.3, -0.25) is 0 Å². The van der Waals surface area contributed by atoms with Gasteiger partial charge in [-0.25, -0.2) is 9.97 Å². The van der Waals surface area contributed by atoms with E-state index in [-0.39, 0.29) is 5.41 Å². The van der Waals surface area contributed by atoms with Crippen LogP contribution in [0, 0.1) is 3.57 Å². The molecular formula is C14H13ClIN3. The fraction of sp³-hybridized carbons (Fsp3) is 0.286. The van der Waals surface area contributed by atoms with Gasteiger partial charge in [-0.1, -0.05) is 31.5 Å². The molecule has 0 bridgehead atoms. The van der Waals surface area contributed by atoms with Crippen molar-refractivity contribution in [3.8, 4) is 0 Å². The number of hydrogen-bond acceptors (Lipinski definition) is 3. The van der Waals surface area contributed by atoms with Gasteiger partial charge in [-0.05, 0) is 40.3 Å². The molecule has 3 rings (SSSR count). The average Bonchev–Trinajstić information content (AvgIpc) is 2.61. The summed E-state index contributed by atoms with van der Waals surface area (Å²) in [4.78, 5) is 10.5. The third-order valence-electron chi connectivity index (χ3n) is 3.44. The van der Waals surface area contributed by atoms with E-state index < -0.39 is 0 Å². The third-order valence-corrected chi connectivity index (χ3v) is 4.37. The van der Waals surface area contributed by atoms with Crippen molar-refractivity contribution in [1.29, 1.82) is 0 Å². The van der Waals surface area contributed by atoms with Crippen molar-refractivity contribution < 1.29 is 0 Å². The third kappa shape index (κ3) is 2.21. The Morgan fingerprint density at radius 1 is 1.37 bits per heavy atom. The Hall–Kier alpha value is -0.880. The summed E-state index contributed by atoms with van der Waals surface area (Å²) in [5, 5.41) is 0.588. The number of hydrogen-bond donors (Lipinski definition) is 0. The molecule has 2 heterocycles. The predicted molar refractivity (Wildman–Crippen MR) is 86.2 cm³/mol. The zero-order chi connectivity index (χ0) is 13.6. The average molecular weight is 386 g/mol. The van der Waals surface area contributed by atoms with Crippen LogP contribution in [-0.4, -0.2) is 16.5 Å². The molecule has 1 aromatic carbocycles. The standard InChI is InChI=1S/C14H13ClIN3/c1-14(2)7-19(13-11(15)6-17-8-18-13)12-5-9(16)3-4-10(12)14/h3-6,8H,7H2,1-2H3. The van der Waals surface area contributed by atoms with E-state index in [1.165, 1.54) is 14.8 Å². The van der Waals surface area contributed by atoms with Crippen LogP contribution in [0.25, 0.3) is 0 Å². The van der Waals surface area contributed by atoms with E-state index in [4.69, 9.17) is 11.6 Å². The van der Waals surface area contributed by atoms with Crippen LogP contribution in [0.5, 0.6) is 0 Å². The first-order valence-corrected chi connectivity index (χ1v) is 7.48. The van der Waals surface area contributed by atoms with Crippen molar-refractivity contribution in [3.63, 3.8) is 0 Å². The van der Waals surface area contributed by atoms with Gasteiger partial charge in [0.2, 0.25) is 0 Å². The molecule has 0 saturated carbocycles. The summed E-state index contributed by atoms with van der Waals surface area (Å²) in [5.74, 6) is 0.783. The fourth-order valence-corrected chi connectivity index (χ4v) is 3.24. The summed E-state index contributed by atoms with van der Waals surface area (Å²) < 4.78 is 1.21. The molecule has 0 N–H and O–H groups in total. The van der Waals surface area contributed by atoms with Crippen molar-refractivity contribution in [3.05, 3.63) is 44.9 Å². The number of halogens is 2.